The van der Waals surface area contributed by atoms with Crippen LogP contribution in [0.4, 0.5) is 5.69 Å². The first-order valence-corrected chi connectivity index (χ1v) is 10.9. The van der Waals surface area contributed by atoms with Gasteiger partial charge in [0.05, 0.1) is 11.6 Å². The number of carbonyl (C=O) groups excluding carboxylic acids is 2. The van der Waals surface area contributed by atoms with Crippen LogP contribution >= 0.6 is 0 Å². The third kappa shape index (κ3) is 3.10. The Balaban J connectivity index is 1.51. The van der Waals surface area contributed by atoms with Gasteiger partial charge in [0.2, 0.25) is 6.79 Å². The Morgan fingerprint density at radius 3 is 2.71 bits per heavy atom. The lowest BCUT2D eigenvalue weighted by Gasteiger charge is -2.25. The smallest absolute Gasteiger partial charge is 0.300 e. The number of ether oxygens (including phenoxy) is 3. The third-order valence-electron chi connectivity index (χ3n) is 6.25. The fraction of sp³-hybridized carbons (Fsp3) is 0.192. The van der Waals surface area contributed by atoms with Gasteiger partial charge in [0.25, 0.3) is 11.7 Å². The van der Waals surface area contributed by atoms with E-state index in [0.29, 0.717) is 34.7 Å². The second-order valence-corrected chi connectivity index (χ2v) is 8.45. The molecule has 0 radical (unpaired) electrons. The molecular formula is C26H20N2O6. The molecule has 34 heavy (non-hydrogen) atoms. The first-order valence-electron chi connectivity index (χ1n) is 10.9. The van der Waals surface area contributed by atoms with Crippen molar-refractivity contribution in [3.63, 3.8) is 0 Å². The zero-order valence-electron chi connectivity index (χ0n) is 18.2. The number of anilines is 1. The van der Waals surface area contributed by atoms with Crippen LogP contribution in [-0.2, 0) is 16.0 Å². The van der Waals surface area contributed by atoms with Gasteiger partial charge in [-0.15, -0.1) is 0 Å². The van der Waals surface area contributed by atoms with Crippen molar-refractivity contribution in [3.8, 4) is 17.2 Å². The number of carbonyl (C=O) groups is 2. The average Bonchev–Trinajstić information content (AvgIpc) is 3.53. The Bertz CT molecular complexity index is 1370. The van der Waals surface area contributed by atoms with Crippen LogP contribution in [0.1, 0.15) is 29.7 Å². The summed E-state index contributed by atoms with van der Waals surface area (Å²) in [5, 5.41) is 11.3. The van der Waals surface area contributed by atoms with Gasteiger partial charge >= 0.3 is 0 Å². The molecule has 2 aromatic carbocycles. The molecule has 6 rings (SSSR count). The molecule has 0 aliphatic carbocycles. The van der Waals surface area contributed by atoms with E-state index in [2.05, 4.69) is 4.98 Å². The van der Waals surface area contributed by atoms with E-state index in [0.717, 1.165) is 11.3 Å². The molecule has 3 aromatic rings. The van der Waals surface area contributed by atoms with Crippen molar-refractivity contribution in [2.75, 3.05) is 11.7 Å². The Labute approximate surface area is 195 Å². The predicted octanol–water partition coefficient (Wildman–Crippen LogP) is 3.76. The zero-order valence-corrected chi connectivity index (χ0v) is 18.2. The molecule has 1 aromatic heterocycles. The average molecular weight is 456 g/mol. The van der Waals surface area contributed by atoms with Gasteiger partial charge in [0.1, 0.15) is 17.6 Å². The normalized spacial score (nSPS) is 22.1. The molecule has 1 fully saturated rings. The monoisotopic (exact) mass is 456 g/mol. The summed E-state index contributed by atoms with van der Waals surface area (Å²) in [5.74, 6) is 0.0536. The van der Waals surface area contributed by atoms with Crippen molar-refractivity contribution in [2.45, 2.75) is 25.5 Å². The number of hydrogen-bond donors (Lipinski definition) is 1. The molecule has 0 saturated carbocycles. The van der Waals surface area contributed by atoms with Crippen LogP contribution in [-0.4, -0.2) is 34.7 Å². The van der Waals surface area contributed by atoms with Crippen LogP contribution in [0.15, 0.2) is 66.5 Å². The van der Waals surface area contributed by atoms with E-state index < -0.39 is 17.7 Å². The maximum absolute atomic E-state index is 13.3. The molecule has 2 atom stereocenters. The topological polar surface area (TPSA) is 98.2 Å². The molecule has 1 amide bonds. The number of rotatable bonds is 3. The molecule has 170 valence electrons. The van der Waals surface area contributed by atoms with Gasteiger partial charge in [-0.05, 0) is 54.4 Å². The molecule has 0 spiro atoms. The Hall–Kier alpha value is -4.33. The molecule has 0 bridgehead atoms. The maximum atomic E-state index is 13.3. The van der Waals surface area contributed by atoms with E-state index in [-0.39, 0.29) is 24.2 Å². The number of ketones is 1. The minimum Gasteiger partial charge on any atom is -0.507 e. The van der Waals surface area contributed by atoms with E-state index >= 15 is 0 Å². The van der Waals surface area contributed by atoms with Gasteiger partial charge in [-0.2, -0.15) is 0 Å². The lowest BCUT2D eigenvalue weighted by molar-refractivity contribution is -0.132. The van der Waals surface area contributed by atoms with E-state index in [9.17, 15) is 14.7 Å². The molecular weight excluding hydrogens is 436 g/mol. The van der Waals surface area contributed by atoms with Crippen LogP contribution in [0.5, 0.6) is 17.2 Å². The highest BCUT2D eigenvalue weighted by Crippen LogP contribution is 2.45. The first-order chi connectivity index (χ1) is 16.5. The summed E-state index contributed by atoms with van der Waals surface area (Å²) in [6.45, 7) is 2.06. The Morgan fingerprint density at radius 2 is 1.88 bits per heavy atom. The van der Waals surface area contributed by atoms with Crippen LogP contribution in [0.25, 0.3) is 5.76 Å². The third-order valence-corrected chi connectivity index (χ3v) is 6.25. The number of hydrogen-bond acceptors (Lipinski definition) is 7. The van der Waals surface area contributed by atoms with Crippen molar-refractivity contribution in [2.24, 2.45) is 0 Å². The minimum absolute atomic E-state index is 0.00239. The molecule has 3 aliphatic rings. The summed E-state index contributed by atoms with van der Waals surface area (Å²) in [4.78, 5) is 32.1. The molecule has 1 saturated heterocycles. The molecule has 8 heteroatoms. The van der Waals surface area contributed by atoms with Gasteiger partial charge in [-0.1, -0.05) is 6.07 Å². The van der Waals surface area contributed by atoms with Gasteiger partial charge in [-0.3, -0.25) is 19.5 Å². The predicted molar refractivity (Wildman–Crippen MR) is 122 cm³/mol. The zero-order chi connectivity index (χ0) is 23.4. The highest BCUT2D eigenvalue weighted by atomic mass is 16.7. The van der Waals surface area contributed by atoms with Crippen molar-refractivity contribution in [3.05, 3.63) is 83.2 Å². The maximum Gasteiger partial charge on any atom is 0.300 e. The van der Waals surface area contributed by atoms with E-state index in [1.807, 2.05) is 13.0 Å². The van der Waals surface area contributed by atoms with E-state index in [1.165, 1.54) is 4.90 Å². The summed E-state index contributed by atoms with van der Waals surface area (Å²) in [6.07, 6.45) is 3.94. The highest BCUT2D eigenvalue weighted by Gasteiger charge is 2.47. The van der Waals surface area contributed by atoms with E-state index in [4.69, 9.17) is 14.2 Å². The fourth-order valence-corrected chi connectivity index (χ4v) is 4.71. The second-order valence-electron chi connectivity index (χ2n) is 8.45. The number of aromatic nitrogens is 1. The van der Waals surface area contributed by atoms with Gasteiger partial charge in [0, 0.05) is 36.1 Å². The molecule has 2 unspecified atom stereocenters. The lowest BCUT2D eigenvalue weighted by atomic mass is 9.95. The Morgan fingerprint density at radius 1 is 1.06 bits per heavy atom. The van der Waals surface area contributed by atoms with Crippen LogP contribution in [0.3, 0.4) is 0 Å². The first kappa shape index (κ1) is 20.3. The van der Waals surface area contributed by atoms with Crippen molar-refractivity contribution in [1.29, 1.82) is 0 Å². The quantitative estimate of drug-likeness (QED) is 0.364. The van der Waals surface area contributed by atoms with Crippen LogP contribution in [0.2, 0.25) is 0 Å². The summed E-state index contributed by atoms with van der Waals surface area (Å²) < 4.78 is 16.6. The van der Waals surface area contributed by atoms with Crippen molar-refractivity contribution < 1.29 is 28.9 Å². The molecule has 1 N–H and O–H groups in total. The number of aliphatic hydroxyl groups excluding tert-OH is 1. The number of benzene rings is 2. The van der Waals surface area contributed by atoms with Gasteiger partial charge < -0.3 is 19.3 Å². The number of Topliss-reactive ketones (excluding diaryl/α,β-unsaturated/α-hetero) is 1. The molecule has 8 nitrogen and oxygen atoms in total. The second kappa shape index (κ2) is 7.62. The molecule has 4 heterocycles. The summed E-state index contributed by atoms with van der Waals surface area (Å²) >= 11 is 0. The largest absolute Gasteiger partial charge is 0.507 e. The van der Waals surface area contributed by atoms with Crippen molar-refractivity contribution in [1.82, 2.24) is 4.98 Å². The molecule has 3 aliphatic heterocycles. The Kier molecular flexibility index (Phi) is 4.55. The number of amides is 1. The fourth-order valence-electron chi connectivity index (χ4n) is 4.71. The van der Waals surface area contributed by atoms with Crippen LogP contribution in [0, 0.1) is 0 Å². The highest BCUT2D eigenvalue weighted by molar-refractivity contribution is 6.51. The number of nitrogens with zero attached hydrogens (tertiary/aromatic N) is 2. The standard InChI is InChI=1S/C26H20N2O6/c1-14-9-17-10-15(4-6-19(17)34-14)24(29)22-23(16-3-2-8-27-12-16)28(26(31)25(22)30)18-5-7-20-21(11-18)33-13-32-20/h2-8,10-12,14,23,29H,9,13H2,1H3/b24-22+. The van der Waals surface area contributed by atoms with Crippen LogP contribution < -0.4 is 19.1 Å². The SMILES string of the molecule is CC1Cc2cc(/C(O)=C3\C(=O)C(=O)N(c4ccc5c(c4)OCO5)C3c3cccnc3)ccc2O1. The summed E-state index contributed by atoms with van der Waals surface area (Å²) in [6, 6.07) is 13.0. The number of fused-ring (bicyclic) bond motifs is 2. The van der Waals surface area contributed by atoms with Crippen molar-refractivity contribution >= 4 is 23.1 Å². The lowest BCUT2D eigenvalue weighted by Crippen LogP contribution is -2.29. The summed E-state index contributed by atoms with van der Waals surface area (Å²) in [5.41, 5.74) is 2.45. The van der Waals surface area contributed by atoms with Gasteiger partial charge in [-0.25, -0.2) is 0 Å². The summed E-state index contributed by atoms with van der Waals surface area (Å²) in [7, 11) is 0. The van der Waals surface area contributed by atoms with Gasteiger partial charge in [0.15, 0.2) is 11.5 Å². The van der Waals surface area contributed by atoms with E-state index in [1.54, 1.807) is 54.9 Å². The number of pyridine rings is 1. The minimum atomic E-state index is -0.863. The number of aliphatic hydroxyl groups is 1.